The molecular weight excluding hydrogens is 180 g/mol. The van der Waals surface area contributed by atoms with Gasteiger partial charge < -0.3 is 0 Å². The first kappa shape index (κ1) is 9.16. The smallest absolute Gasteiger partial charge is 0.0962 e. The fourth-order valence-electron chi connectivity index (χ4n) is 1.67. The third-order valence-electron chi connectivity index (χ3n) is 2.67. The van der Waals surface area contributed by atoms with E-state index < -0.39 is 0 Å². The molecule has 0 atom stereocenters. The summed E-state index contributed by atoms with van der Waals surface area (Å²) in [6.07, 6.45) is 2.40. The summed E-state index contributed by atoms with van der Waals surface area (Å²) in [5.74, 6) is 0.690. The Hall–Kier alpha value is -0.410. The SMILES string of the molecule is Cc1nc(C2CC[N]CC2)sc1C. The summed E-state index contributed by atoms with van der Waals surface area (Å²) in [5, 5.41) is 5.70. The Bertz CT molecular complexity index is 268. The van der Waals surface area contributed by atoms with Crippen LogP contribution < -0.4 is 5.32 Å². The first-order chi connectivity index (χ1) is 6.27. The molecule has 1 aliphatic rings. The lowest BCUT2D eigenvalue weighted by Crippen LogP contribution is -2.20. The van der Waals surface area contributed by atoms with E-state index in [0.29, 0.717) is 5.92 Å². The highest BCUT2D eigenvalue weighted by Gasteiger charge is 2.19. The highest BCUT2D eigenvalue weighted by molar-refractivity contribution is 7.11. The Labute approximate surface area is 83.4 Å². The van der Waals surface area contributed by atoms with Crippen molar-refractivity contribution >= 4 is 11.3 Å². The predicted octanol–water partition coefficient (Wildman–Crippen LogP) is 2.24. The lowest BCUT2D eigenvalue weighted by Gasteiger charge is -2.18. The minimum Gasteiger partial charge on any atom is -0.246 e. The first-order valence-corrected chi connectivity index (χ1v) is 5.66. The maximum Gasteiger partial charge on any atom is 0.0962 e. The molecule has 1 radical (unpaired) electrons. The van der Waals surface area contributed by atoms with Crippen molar-refractivity contribution in [1.29, 1.82) is 0 Å². The summed E-state index contributed by atoms with van der Waals surface area (Å²) < 4.78 is 0. The molecule has 1 saturated heterocycles. The molecule has 0 spiro atoms. The topological polar surface area (TPSA) is 27.0 Å². The highest BCUT2D eigenvalue weighted by atomic mass is 32.1. The molecule has 2 nitrogen and oxygen atoms in total. The van der Waals surface area contributed by atoms with Gasteiger partial charge in [0.1, 0.15) is 0 Å². The molecule has 13 heavy (non-hydrogen) atoms. The van der Waals surface area contributed by atoms with Crippen molar-refractivity contribution in [3.05, 3.63) is 15.6 Å². The second-order valence-corrected chi connectivity index (χ2v) is 4.87. The van der Waals surface area contributed by atoms with Crippen molar-refractivity contribution in [3.63, 3.8) is 0 Å². The van der Waals surface area contributed by atoms with Crippen LogP contribution in [0.2, 0.25) is 0 Å². The van der Waals surface area contributed by atoms with E-state index in [4.69, 9.17) is 0 Å². The molecule has 0 saturated carbocycles. The molecule has 1 fully saturated rings. The Morgan fingerprint density at radius 1 is 1.23 bits per heavy atom. The Morgan fingerprint density at radius 2 is 1.92 bits per heavy atom. The van der Waals surface area contributed by atoms with E-state index in [2.05, 4.69) is 24.1 Å². The van der Waals surface area contributed by atoms with Crippen LogP contribution in [-0.4, -0.2) is 18.1 Å². The average Bonchev–Trinajstić information content (AvgIpc) is 2.49. The standard InChI is InChI=1S/C10H15N2S/c1-7-8(2)13-10(12-7)9-3-5-11-6-4-9/h9H,3-6H2,1-2H3. The monoisotopic (exact) mass is 195 g/mol. The molecule has 1 aromatic rings. The van der Waals surface area contributed by atoms with Crippen LogP contribution in [0.15, 0.2) is 0 Å². The molecule has 1 aromatic heterocycles. The van der Waals surface area contributed by atoms with Crippen molar-refractivity contribution in [1.82, 2.24) is 10.3 Å². The molecule has 0 aliphatic carbocycles. The zero-order valence-corrected chi connectivity index (χ0v) is 9.02. The fraction of sp³-hybridized carbons (Fsp3) is 0.700. The molecule has 1 aliphatic heterocycles. The second-order valence-electron chi connectivity index (χ2n) is 3.64. The number of nitrogens with zero attached hydrogens (tertiary/aromatic N) is 2. The molecule has 2 rings (SSSR count). The Kier molecular flexibility index (Phi) is 2.65. The van der Waals surface area contributed by atoms with Gasteiger partial charge in [0.25, 0.3) is 0 Å². The van der Waals surface area contributed by atoms with E-state index in [1.165, 1.54) is 28.4 Å². The van der Waals surface area contributed by atoms with Gasteiger partial charge in [0, 0.05) is 23.9 Å². The molecular formula is C10H15N2S. The molecule has 0 amide bonds. The number of piperidine rings is 1. The molecule has 71 valence electrons. The molecule has 3 heteroatoms. The van der Waals surface area contributed by atoms with E-state index in [-0.39, 0.29) is 0 Å². The Balaban J connectivity index is 2.14. The van der Waals surface area contributed by atoms with Crippen LogP contribution >= 0.6 is 11.3 Å². The summed E-state index contributed by atoms with van der Waals surface area (Å²) >= 11 is 1.87. The second kappa shape index (κ2) is 3.76. The third-order valence-corrected chi connectivity index (χ3v) is 3.90. The van der Waals surface area contributed by atoms with Gasteiger partial charge in [-0.25, -0.2) is 10.3 Å². The summed E-state index contributed by atoms with van der Waals surface area (Å²) in [4.78, 5) is 5.98. The minimum absolute atomic E-state index is 0.690. The molecule has 2 heterocycles. The van der Waals surface area contributed by atoms with E-state index in [1.807, 2.05) is 11.3 Å². The van der Waals surface area contributed by atoms with E-state index in [1.54, 1.807) is 0 Å². The predicted molar refractivity (Wildman–Crippen MR) is 55.4 cm³/mol. The highest BCUT2D eigenvalue weighted by Crippen LogP contribution is 2.30. The maximum atomic E-state index is 4.61. The zero-order chi connectivity index (χ0) is 9.26. The fourth-order valence-corrected chi connectivity index (χ4v) is 2.76. The Morgan fingerprint density at radius 3 is 2.46 bits per heavy atom. The summed E-state index contributed by atoms with van der Waals surface area (Å²) in [7, 11) is 0. The molecule has 0 aromatic carbocycles. The minimum atomic E-state index is 0.690. The van der Waals surface area contributed by atoms with Gasteiger partial charge in [0.15, 0.2) is 0 Å². The van der Waals surface area contributed by atoms with Crippen LogP contribution in [0.5, 0.6) is 0 Å². The van der Waals surface area contributed by atoms with Crippen molar-refractivity contribution in [2.24, 2.45) is 0 Å². The van der Waals surface area contributed by atoms with Crippen LogP contribution in [0, 0.1) is 13.8 Å². The van der Waals surface area contributed by atoms with Crippen LogP contribution in [0.1, 0.15) is 34.3 Å². The average molecular weight is 195 g/mol. The zero-order valence-electron chi connectivity index (χ0n) is 8.21. The lowest BCUT2D eigenvalue weighted by molar-refractivity contribution is 0.452. The van der Waals surface area contributed by atoms with Crippen LogP contribution in [0.3, 0.4) is 0 Å². The summed E-state index contributed by atoms with van der Waals surface area (Å²) in [6, 6.07) is 0. The molecule has 0 N–H and O–H groups in total. The molecule has 0 bridgehead atoms. The van der Waals surface area contributed by atoms with Crippen LogP contribution in [0.4, 0.5) is 0 Å². The van der Waals surface area contributed by atoms with Gasteiger partial charge >= 0.3 is 0 Å². The maximum absolute atomic E-state index is 4.61. The number of rotatable bonds is 1. The largest absolute Gasteiger partial charge is 0.246 e. The van der Waals surface area contributed by atoms with E-state index >= 15 is 0 Å². The summed E-state index contributed by atoms with van der Waals surface area (Å²) in [6.45, 7) is 6.32. The van der Waals surface area contributed by atoms with Crippen molar-refractivity contribution in [2.45, 2.75) is 32.6 Å². The normalized spacial score (nSPS) is 19.2. The van der Waals surface area contributed by atoms with Crippen molar-refractivity contribution in [3.8, 4) is 0 Å². The van der Waals surface area contributed by atoms with Gasteiger partial charge in [0.2, 0.25) is 0 Å². The number of aromatic nitrogens is 1. The summed E-state index contributed by atoms with van der Waals surface area (Å²) in [5.41, 5.74) is 1.21. The van der Waals surface area contributed by atoms with Crippen LogP contribution in [0.25, 0.3) is 0 Å². The van der Waals surface area contributed by atoms with Gasteiger partial charge in [-0.2, -0.15) is 0 Å². The van der Waals surface area contributed by atoms with Crippen molar-refractivity contribution < 1.29 is 0 Å². The third kappa shape index (κ3) is 1.92. The number of hydrogen-bond acceptors (Lipinski definition) is 2. The van der Waals surface area contributed by atoms with Crippen molar-refractivity contribution in [2.75, 3.05) is 13.1 Å². The molecule has 0 unspecified atom stereocenters. The van der Waals surface area contributed by atoms with Gasteiger partial charge in [-0.05, 0) is 26.7 Å². The van der Waals surface area contributed by atoms with E-state index in [0.717, 1.165) is 13.1 Å². The van der Waals surface area contributed by atoms with Gasteiger partial charge in [-0.15, -0.1) is 11.3 Å². The number of hydrogen-bond donors (Lipinski definition) is 0. The quantitative estimate of drug-likeness (QED) is 0.675. The first-order valence-electron chi connectivity index (χ1n) is 4.84. The number of thiazole rings is 1. The number of aryl methyl sites for hydroxylation is 2. The van der Waals surface area contributed by atoms with Gasteiger partial charge in [-0.3, -0.25) is 0 Å². The van der Waals surface area contributed by atoms with Gasteiger partial charge in [0.05, 0.1) is 10.7 Å². The van der Waals surface area contributed by atoms with Gasteiger partial charge in [-0.1, -0.05) is 0 Å². The van der Waals surface area contributed by atoms with Crippen LogP contribution in [-0.2, 0) is 0 Å². The lowest BCUT2D eigenvalue weighted by atomic mass is 9.99. The van der Waals surface area contributed by atoms with E-state index in [9.17, 15) is 0 Å².